The molecule has 2 amide bonds. The molecule has 1 aliphatic rings. The smallest absolute Gasteiger partial charge is 0.264 e. The Balaban J connectivity index is 2.01. The Hall–Kier alpha value is -1.40. The standard InChI is InChI=1S/C14H21N3O2S/c1-15-7-8-16-13(18)11-5-2-3-9-17(11)14(19)12-6-4-10-20-12/h4,6,10-11,15H,2-3,5,7-9H2,1H3,(H,16,18). The summed E-state index contributed by atoms with van der Waals surface area (Å²) < 4.78 is 0. The number of likely N-dealkylation sites (N-methyl/N-ethyl adjacent to an activating group) is 1. The van der Waals surface area contributed by atoms with Gasteiger partial charge in [-0.25, -0.2) is 0 Å². The molecule has 20 heavy (non-hydrogen) atoms. The Kier molecular flexibility index (Phi) is 5.55. The summed E-state index contributed by atoms with van der Waals surface area (Å²) in [5.74, 6) is -0.0571. The van der Waals surface area contributed by atoms with E-state index in [9.17, 15) is 9.59 Å². The summed E-state index contributed by atoms with van der Waals surface area (Å²) in [5, 5.41) is 7.77. The molecule has 0 aliphatic carbocycles. The Morgan fingerprint density at radius 2 is 2.25 bits per heavy atom. The van der Waals surface area contributed by atoms with Crippen molar-refractivity contribution < 1.29 is 9.59 Å². The number of piperidine rings is 1. The number of rotatable bonds is 5. The van der Waals surface area contributed by atoms with Crippen LogP contribution in [0, 0.1) is 0 Å². The maximum Gasteiger partial charge on any atom is 0.264 e. The summed E-state index contributed by atoms with van der Waals surface area (Å²) in [7, 11) is 1.85. The van der Waals surface area contributed by atoms with Crippen molar-refractivity contribution >= 4 is 23.2 Å². The molecule has 1 aliphatic heterocycles. The average molecular weight is 295 g/mol. The number of carbonyl (C=O) groups is 2. The SMILES string of the molecule is CNCCNC(=O)C1CCCCN1C(=O)c1cccs1. The van der Waals surface area contributed by atoms with Gasteiger partial charge in [0.2, 0.25) is 5.91 Å². The highest BCUT2D eigenvalue weighted by atomic mass is 32.1. The van der Waals surface area contributed by atoms with E-state index in [0.29, 0.717) is 18.0 Å². The molecule has 1 aromatic heterocycles. The zero-order chi connectivity index (χ0) is 14.4. The van der Waals surface area contributed by atoms with Crippen molar-refractivity contribution in [1.82, 2.24) is 15.5 Å². The Morgan fingerprint density at radius 3 is 2.95 bits per heavy atom. The fourth-order valence-electron chi connectivity index (χ4n) is 2.42. The van der Waals surface area contributed by atoms with Crippen LogP contribution in [0.25, 0.3) is 0 Å². The first kappa shape index (κ1) is 15.0. The Labute approximate surface area is 123 Å². The maximum atomic E-state index is 12.4. The predicted octanol–water partition coefficient (Wildman–Crippen LogP) is 1.08. The number of hydrogen-bond acceptors (Lipinski definition) is 4. The van der Waals surface area contributed by atoms with Crippen LogP contribution in [0.4, 0.5) is 0 Å². The lowest BCUT2D eigenvalue weighted by Gasteiger charge is -2.34. The molecule has 1 saturated heterocycles. The molecule has 0 aromatic carbocycles. The molecular weight excluding hydrogens is 274 g/mol. The average Bonchev–Trinajstić information content (AvgIpc) is 3.01. The normalized spacial score (nSPS) is 18.9. The van der Waals surface area contributed by atoms with Crippen LogP contribution in [0.5, 0.6) is 0 Å². The molecule has 0 saturated carbocycles. The lowest BCUT2D eigenvalue weighted by Crippen LogP contribution is -2.52. The zero-order valence-corrected chi connectivity index (χ0v) is 12.5. The molecule has 0 radical (unpaired) electrons. The second-order valence-electron chi connectivity index (χ2n) is 4.88. The van der Waals surface area contributed by atoms with Crippen LogP contribution in [0.1, 0.15) is 28.9 Å². The van der Waals surface area contributed by atoms with Crippen LogP contribution < -0.4 is 10.6 Å². The molecule has 1 unspecified atom stereocenters. The third-order valence-electron chi connectivity index (χ3n) is 3.47. The molecule has 2 rings (SSSR count). The van der Waals surface area contributed by atoms with Crippen molar-refractivity contribution in [3.63, 3.8) is 0 Å². The van der Waals surface area contributed by atoms with Gasteiger partial charge in [0.15, 0.2) is 0 Å². The van der Waals surface area contributed by atoms with Gasteiger partial charge in [0.1, 0.15) is 6.04 Å². The van der Waals surface area contributed by atoms with Gasteiger partial charge in [-0.15, -0.1) is 11.3 Å². The highest BCUT2D eigenvalue weighted by Gasteiger charge is 2.32. The van der Waals surface area contributed by atoms with E-state index < -0.39 is 0 Å². The number of nitrogens with one attached hydrogen (secondary N) is 2. The molecule has 110 valence electrons. The molecule has 0 bridgehead atoms. The number of carbonyl (C=O) groups excluding carboxylic acids is 2. The largest absolute Gasteiger partial charge is 0.353 e. The maximum absolute atomic E-state index is 12.4. The van der Waals surface area contributed by atoms with E-state index in [1.807, 2.05) is 24.6 Å². The molecule has 6 heteroatoms. The second-order valence-corrected chi connectivity index (χ2v) is 5.83. The quantitative estimate of drug-likeness (QED) is 0.799. The van der Waals surface area contributed by atoms with Crippen LogP contribution >= 0.6 is 11.3 Å². The number of amides is 2. The van der Waals surface area contributed by atoms with Gasteiger partial charge in [0, 0.05) is 19.6 Å². The number of likely N-dealkylation sites (tertiary alicyclic amines) is 1. The third kappa shape index (κ3) is 3.58. The van der Waals surface area contributed by atoms with Crippen molar-refractivity contribution in [2.45, 2.75) is 25.3 Å². The van der Waals surface area contributed by atoms with Gasteiger partial charge in [0.05, 0.1) is 4.88 Å². The highest BCUT2D eigenvalue weighted by Crippen LogP contribution is 2.21. The Bertz CT molecular complexity index is 447. The summed E-state index contributed by atoms with van der Waals surface area (Å²) in [6, 6.07) is 3.36. The first-order valence-electron chi connectivity index (χ1n) is 7.01. The lowest BCUT2D eigenvalue weighted by molar-refractivity contribution is -0.126. The van der Waals surface area contributed by atoms with Crippen molar-refractivity contribution in [1.29, 1.82) is 0 Å². The van der Waals surface area contributed by atoms with Gasteiger partial charge in [-0.3, -0.25) is 9.59 Å². The molecule has 5 nitrogen and oxygen atoms in total. The fraction of sp³-hybridized carbons (Fsp3) is 0.571. The van der Waals surface area contributed by atoms with Gasteiger partial charge >= 0.3 is 0 Å². The van der Waals surface area contributed by atoms with Gasteiger partial charge in [-0.05, 0) is 37.8 Å². The van der Waals surface area contributed by atoms with Crippen LogP contribution in [-0.2, 0) is 4.79 Å². The topological polar surface area (TPSA) is 61.4 Å². The third-order valence-corrected chi connectivity index (χ3v) is 4.33. The number of nitrogens with zero attached hydrogens (tertiary/aromatic N) is 1. The van der Waals surface area contributed by atoms with Crippen molar-refractivity contribution in [3.8, 4) is 0 Å². The van der Waals surface area contributed by atoms with Crippen LogP contribution in [0.3, 0.4) is 0 Å². The van der Waals surface area contributed by atoms with Gasteiger partial charge in [-0.1, -0.05) is 6.07 Å². The lowest BCUT2D eigenvalue weighted by atomic mass is 10.0. The van der Waals surface area contributed by atoms with Crippen molar-refractivity contribution in [2.24, 2.45) is 0 Å². The minimum Gasteiger partial charge on any atom is -0.353 e. The molecule has 1 fully saturated rings. The fourth-order valence-corrected chi connectivity index (χ4v) is 3.10. The summed E-state index contributed by atoms with van der Waals surface area (Å²) in [4.78, 5) is 27.1. The second kappa shape index (κ2) is 7.40. The Morgan fingerprint density at radius 1 is 1.40 bits per heavy atom. The summed E-state index contributed by atoms with van der Waals surface area (Å²) in [6.45, 7) is 1.99. The van der Waals surface area contributed by atoms with Crippen LogP contribution in [-0.4, -0.2) is 49.4 Å². The molecule has 1 atom stereocenters. The van der Waals surface area contributed by atoms with Gasteiger partial charge in [0.25, 0.3) is 5.91 Å². The van der Waals surface area contributed by atoms with E-state index in [0.717, 1.165) is 25.8 Å². The molecule has 1 aromatic rings. The van der Waals surface area contributed by atoms with Gasteiger partial charge in [-0.2, -0.15) is 0 Å². The summed E-state index contributed by atoms with van der Waals surface area (Å²) in [5.41, 5.74) is 0. The summed E-state index contributed by atoms with van der Waals surface area (Å²) in [6.07, 6.45) is 2.72. The first-order valence-corrected chi connectivity index (χ1v) is 7.89. The van der Waals surface area contributed by atoms with E-state index in [4.69, 9.17) is 0 Å². The molecular formula is C14H21N3O2S. The molecule has 2 heterocycles. The van der Waals surface area contributed by atoms with E-state index in [1.165, 1.54) is 11.3 Å². The van der Waals surface area contributed by atoms with E-state index >= 15 is 0 Å². The van der Waals surface area contributed by atoms with E-state index in [-0.39, 0.29) is 17.9 Å². The van der Waals surface area contributed by atoms with Gasteiger partial charge < -0.3 is 15.5 Å². The van der Waals surface area contributed by atoms with Crippen molar-refractivity contribution in [2.75, 3.05) is 26.7 Å². The van der Waals surface area contributed by atoms with Crippen LogP contribution in [0.2, 0.25) is 0 Å². The van der Waals surface area contributed by atoms with E-state index in [2.05, 4.69) is 10.6 Å². The predicted molar refractivity (Wildman–Crippen MR) is 79.9 cm³/mol. The van der Waals surface area contributed by atoms with Crippen molar-refractivity contribution in [3.05, 3.63) is 22.4 Å². The zero-order valence-electron chi connectivity index (χ0n) is 11.7. The summed E-state index contributed by atoms with van der Waals surface area (Å²) >= 11 is 1.43. The monoisotopic (exact) mass is 295 g/mol. The molecule has 2 N–H and O–H groups in total. The highest BCUT2D eigenvalue weighted by molar-refractivity contribution is 7.12. The minimum atomic E-state index is -0.324. The van der Waals surface area contributed by atoms with Crippen LogP contribution in [0.15, 0.2) is 17.5 Å². The van der Waals surface area contributed by atoms with E-state index in [1.54, 1.807) is 4.90 Å². The number of thiophene rings is 1. The minimum absolute atomic E-state index is 0.0199. The first-order chi connectivity index (χ1) is 9.74. The number of hydrogen-bond donors (Lipinski definition) is 2. The molecule has 0 spiro atoms.